The topological polar surface area (TPSA) is 24.9 Å². The number of rotatable bonds is 4. The predicted octanol–water partition coefficient (Wildman–Crippen LogP) is 4.24. The molecule has 2 heterocycles. The first-order valence-electron chi connectivity index (χ1n) is 6.53. The van der Waals surface area contributed by atoms with Crippen LogP contribution < -0.4 is 5.32 Å². The van der Waals surface area contributed by atoms with E-state index in [0.717, 1.165) is 50.4 Å². The van der Waals surface area contributed by atoms with E-state index >= 15 is 0 Å². The van der Waals surface area contributed by atoms with Crippen molar-refractivity contribution in [2.24, 2.45) is 5.92 Å². The maximum absolute atomic E-state index is 12.5. The lowest BCUT2D eigenvalue weighted by molar-refractivity contribution is -0.137. The molecule has 1 aromatic rings. The van der Waals surface area contributed by atoms with Gasteiger partial charge in [0.15, 0.2) is 0 Å². The molecule has 0 unspecified atom stereocenters. The van der Waals surface area contributed by atoms with E-state index in [2.05, 4.69) is 10.3 Å². The minimum Gasteiger partial charge on any atom is -0.317 e. The van der Waals surface area contributed by atoms with E-state index in [4.69, 9.17) is 11.6 Å². The van der Waals surface area contributed by atoms with E-state index in [1.165, 1.54) is 11.8 Å². The standard InChI is InChI=1S/C13H16ClF3N2S/c14-11-7-10(13(15,16)17)8-19-12(11)20-6-3-9-1-4-18-5-2-9/h7-9,18H,1-6H2. The smallest absolute Gasteiger partial charge is 0.317 e. The predicted molar refractivity (Wildman–Crippen MR) is 75.2 cm³/mol. The first-order valence-corrected chi connectivity index (χ1v) is 7.89. The number of nitrogens with one attached hydrogen (secondary N) is 1. The summed E-state index contributed by atoms with van der Waals surface area (Å²) in [5.74, 6) is 1.53. The van der Waals surface area contributed by atoms with Gasteiger partial charge in [0.05, 0.1) is 10.6 Å². The van der Waals surface area contributed by atoms with Crippen molar-refractivity contribution in [2.75, 3.05) is 18.8 Å². The Morgan fingerprint density at radius 1 is 1.35 bits per heavy atom. The Bertz CT molecular complexity index is 448. The molecular formula is C13H16ClF3N2S. The van der Waals surface area contributed by atoms with Crippen molar-refractivity contribution < 1.29 is 13.2 Å². The van der Waals surface area contributed by atoms with Crippen LogP contribution in [0.25, 0.3) is 0 Å². The van der Waals surface area contributed by atoms with Gasteiger partial charge < -0.3 is 5.32 Å². The van der Waals surface area contributed by atoms with Crippen LogP contribution in [-0.2, 0) is 6.18 Å². The van der Waals surface area contributed by atoms with Crippen LogP contribution in [0.1, 0.15) is 24.8 Å². The van der Waals surface area contributed by atoms with Gasteiger partial charge in [-0.2, -0.15) is 13.2 Å². The summed E-state index contributed by atoms with van der Waals surface area (Å²) in [7, 11) is 0. The van der Waals surface area contributed by atoms with Crippen LogP contribution in [0.15, 0.2) is 17.3 Å². The van der Waals surface area contributed by atoms with Crippen molar-refractivity contribution in [1.29, 1.82) is 0 Å². The van der Waals surface area contributed by atoms with Crippen LogP contribution in [0.3, 0.4) is 0 Å². The Morgan fingerprint density at radius 3 is 2.65 bits per heavy atom. The molecule has 0 amide bonds. The molecule has 0 radical (unpaired) electrons. The Labute approximate surface area is 125 Å². The third-order valence-corrected chi connectivity index (χ3v) is 4.80. The fraction of sp³-hybridized carbons (Fsp3) is 0.615. The molecular weight excluding hydrogens is 309 g/mol. The molecule has 1 saturated heterocycles. The van der Waals surface area contributed by atoms with Crippen LogP contribution in [0, 0.1) is 5.92 Å². The second-order valence-corrected chi connectivity index (χ2v) is 6.33. The van der Waals surface area contributed by atoms with Crippen molar-refractivity contribution in [3.05, 3.63) is 22.8 Å². The summed E-state index contributed by atoms with van der Waals surface area (Å²) >= 11 is 7.29. The normalized spacial score (nSPS) is 17.4. The summed E-state index contributed by atoms with van der Waals surface area (Å²) in [4.78, 5) is 3.83. The number of thioether (sulfide) groups is 1. The third kappa shape index (κ3) is 4.53. The van der Waals surface area contributed by atoms with E-state index in [0.29, 0.717) is 10.9 Å². The van der Waals surface area contributed by atoms with E-state index in [9.17, 15) is 13.2 Å². The first-order chi connectivity index (χ1) is 9.47. The average molecular weight is 325 g/mol. The van der Waals surface area contributed by atoms with Gasteiger partial charge in [0, 0.05) is 6.20 Å². The molecule has 0 spiro atoms. The van der Waals surface area contributed by atoms with Gasteiger partial charge in [-0.15, -0.1) is 11.8 Å². The molecule has 1 aromatic heterocycles. The SMILES string of the molecule is FC(F)(F)c1cnc(SCCC2CCNCC2)c(Cl)c1. The third-order valence-electron chi connectivity index (χ3n) is 3.36. The van der Waals surface area contributed by atoms with Crippen molar-refractivity contribution in [3.63, 3.8) is 0 Å². The first kappa shape index (κ1) is 15.9. The van der Waals surface area contributed by atoms with Gasteiger partial charge in [-0.25, -0.2) is 4.98 Å². The molecule has 1 aliphatic heterocycles. The van der Waals surface area contributed by atoms with Crippen LogP contribution in [0.4, 0.5) is 13.2 Å². The van der Waals surface area contributed by atoms with E-state index < -0.39 is 11.7 Å². The number of hydrogen-bond acceptors (Lipinski definition) is 3. The molecule has 0 saturated carbocycles. The summed E-state index contributed by atoms with van der Waals surface area (Å²) in [6.07, 6.45) is -0.178. The van der Waals surface area contributed by atoms with Crippen molar-refractivity contribution >= 4 is 23.4 Å². The average Bonchev–Trinajstić information content (AvgIpc) is 2.40. The second-order valence-electron chi connectivity index (χ2n) is 4.84. The number of hydrogen-bond donors (Lipinski definition) is 1. The molecule has 20 heavy (non-hydrogen) atoms. The summed E-state index contributed by atoms with van der Waals surface area (Å²) in [6, 6.07) is 0.946. The molecule has 2 nitrogen and oxygen atoms in total. The maximum Gasteiger partial charge on any atom is 0.417 e. The fourth-order valence-corrected chi connectivity index (χ4v) is 3.48. The van der Waals surface area contributed by atoms with Crippen LogP contribution in [0.5, 0.6) is 0 Å². The zero-order valence-corrected chi connectivity index (χ0v) is 12.4. The van der Waals surface area contributed by atoms with Gasteiger partial charge in [0.2, 0.25) is 0 Å². The number of alkyl halides is 3. The number of halogens is 4. The second kappa shape index (κ2) is 7.00. The number of piperidine rings is 1. The lowest BCUT2D eigenvalue weighted by Gasteiger charge is -2.22. The van der Waals surface area contributed by atoms with Gasteiger partial charge in [0.1, 0.15) is 5.03 Å². The Kier molecular flexibility index (Phi) is 5.57. The number of aromatic nitrogens is 1. The highest BCUT2D eigenvalue weighted by molar-refractivity contribution is 7.99. The molecule has 2 rings (SSSR count). The van der Waals surface area contributed by atoms with Gasteiger partial charge in [0.25, 0.3) is 0 Å². The number of pyridine rings is 1. The van der Waals surface area contributed by atoms with Gasteiger partial charge in [-0.1, -0.05) is 11.6 Å². The van der Waals surface area contributed by atoms with Gasteiger partial charge in [-0.05, 0) is 50.1 Å². The summed E-state index contributed by atoms with van der Waals surface area (Å²) < 4.78 is 37.4. The van der Waals surface area contributed by atoms with E-state index in [1.807, 2.05) is 0 Å². The molecule has 1 fully saturated rings. The lowest BCUT2D eigenvalue weighted by atomic mass is 9.96. The minimum atomic E-state index is -4.39. The van der Waals surface area contributed by atoms with E-state index in [1.54, 1.807) is 0 Å². The highest BCUT2D eigenvalue weighted by Crippen LogP contribution is 2.34. The van der Waals surface area contributed by atoms with Crippen molar-refractivity contribution in [2.45, 2.75) is 30.5 Å². The lowest BCUT2D eigenvalue weighted by Crippen LogP contribution is -2.27. The molecule has 0 bridgehead atoms. The van der Waals surface area contributed by atoms with Gasteiger partial charge in [-0.3, -0.25) is 0 Å². The molecule has 0 aromatic carbocycles. The largest absolute Gasteiger partial charge is 0.417 e. The monoisotopic (exact) mass is 324 g/mol. The molecule has 0 aliphatic carbocycles. The highest BCUT2D eigenvalue weighted by Gasteiger charge is 2.31. The quantitative estimate of drug-likeness (QED) is 0.839. The molecule has 112 valence electrons. The maximum atomic E-state index is 12.5. The molecule has 1 aliphatic rings. The fourth-order valence-electron chi connectivity index (χ4n) is 2.18. The van der Waals surface area contributed by atoms with Gasteiger partial charge >= 0.3 is 6.18 Å². The van der Waals surface area contributed by atoms with Crippen LogP contribution in [-0.4, -0.2) is 23.8 Å². The summed E-state index contributed by atoms with van der Waals surface area (Å²) in [5, 5.41) is 3.86. The Hall–Kier alpha value is -0.460. The van der Waals surface area contributed by atoms with Crippen molar-refractivity contribution in [3.8, 4) is 0 Å². The van der Waals surface area contributed by atoms with Crippen LogP contribution in [0.2, 0.25) is 5.02 Å². The Balaban J connectivity index is 1.86. The zero-order valence-electron chi connectivity index (χ0n) is 10.8. The Morgan fingerprint density at radius 2 is 2.05 bits per heavy atom. The van der Waals surface area contributed by atoms with E-state index in [-0.39, 0.29) is 5.02 Å². The van der Waals surface area contributed by atoms with Crippen LogP contribution >= 0.6 is 23.4 Å². The molecule has 7 heteroatoms. The summed E-state index contributed by atoms with van der Waals surface area (Å²) in [5.41, 5.74) is -0.801. The number of nitrogens with zero attached hydrogens (tertiary/aromatic N) is 1. The zero-order chi connectivity index (χ0) is 14.6. The molecule has 1 N–H and O–H groups in total. The minimum absolute atomic E-state index is 0.0788. The molecule has 0 atom stereocenters. The highest BCUT2D eigenvalue weighted by atomic mass is 35.5. The summed E-state index contributed by atoms with van der Waals surface area (Å²) in [6.45, 7) is 2.10. The van der Waals surface area contributed by atoms with Crippen molar-refractivity contribution in [1.82, 2.24) is 10.3 Å².